The number of rotatable bonds is 4. The van der Waals surface area contributed by atoms with Crippen LogP contribution in [0.4, 0.5) is 5.69 Å². The summed E-state index contributed by atoms with van der Waals surface area (Å²) in [6, 6.07) is 10.9. The van der Waals surface area contributed by atoms with Gasteiger partial charge in [-0.15, -0.1) is 0 Å². The second kappa shape index (κ2) is 9.04. The van der Waals surface area contributed by atoms with E-state index in [1.807, 2.05) is 24.3 Å². The maximum absolute atomic E-state index is 12.8. The smallest absolute Gasteiger partial charge is 0.186 e. The monoisotopic (exact) mass is 456 g/mol. The Morgan fingerprint density at radius 2 is 1.78 bits per heavy atom. The van der Waals surface area contributed by atoms with Crippen molar-refractivity contribution in [2.75, 3.05) is 26.6 Å². The predicted octanol–water partition coefficient (Wildman–Crippen LogP) is 4.43. The van der Waals surface area contributed by atoms with Gasteiger partial charge in [0.2, 0.25) is 0 Å². The van der Waals surface area contributed by atoms with E-state index in [1.54, 1.807) is 59.5 Å². The number of ether oxygens (including phenoxy) is 2. The third-order valence-electron chi connectivity index (χ3n) is 5.04. The molecular weight excluding hydrogens is 428 g/mol. The number of methoxy groups -OCH3 is 2. The molecule has 0 radical (unpaired) electrons. The first-order chi connectivity index (χ1) is 15.1. The van der Waals surface area contributed by atoms with Crippen molar-refractivity contribution in [3.05, 3.63) is 48.8 Å². The molecule has 8 nitrogen and oxygen atoms in total. The van der Waals surface area contributed by atoms with Crippen molar-refractivity contribution in [1.82, 2.24) is 15.2 Å². The summed E-state index contributed by atoms with van der Waals surface area (Å²) in [5, 5.41) is 11.6. The van der Waals surface area contributed by atoms with Gasteiger partial charge in [0, 0.05) is 35.8 Å². The van der Waals surface area contributed by atoms with Gasteiger partial charge in [-0.1, -0.05) is 0 Å². The number of hydrogen-bond acceptors (Lipinski definition) is 7. The average molecular weight is 457 g/mol. The van der Waals surface area contributed by atoms with Crippen molar-refractivity contribution >= 4 is 37.3 Å². The van der Waals surface area contributed by atoms with Crippen molar-refractivity contribution in [3.63, 3.8) is 0 Å². The van der Waals surface area contributed by atoms with Crippen LogP contribution in [0.1, 0.15) is 20.8 Å². The van der Waals surface area contributed by atoms with Crippen molar-refractivity contribution in [3.8, 4) is 11.5 Å². The number of anilines is 1. The second-order valence-electron chi connectivity index (χ2n) is 8.07. The molecule has 0 atom stereocenters. The van der Waals surface area contributed by atoms with Crippen LogP contribution in [0.3, 0.4) is 0 Å². The Bertz CT molecular complexity index is 1340. The van der Waals surface area contributed by atoms with Gasteiger partial charge in [-0.05, 0) is 51.1 Å². The van der Waals surface area contributed by atoms with Gasteiger partial charge in [0.25, 0.3) is 0 Å². The molecule has 2 N–H and O–H groups in total. The first-order valence-corrected chi connectivity index (χ1v) is 11.5. The highest BCUT2D eigenvalue weighted by atomic mass is 32.2. The van der Waals surface area contributed by atoms with E-state index in [1.165, 1.54) is 7.11 Å². The molecule has 0 fully saturated rings. The molecule has 0 aliphatic heterocycles. The molecule has 0 amide bonds. The lowest BCUT2D eigenvalue weighted by Crippen LogP contribution is -2.28. The summed E-state index contributed by atoms with van der Waals surface area (Å²) in [6.07, 6.45) is 3.45. The Hall–Kier alpha value is -3.33. The Labute approximate surface area is 187 Å². The lowest BCUT2D eigenvalue weighted by Gasteiger charge is -2.21. The number of pyridine rings is 1. The fourth-order valence-electron chi connectivity index (χ4n) is 3.12. The number of sulfone groups is 1. The van der Waals surface area contributed by atoms with Gasteiger partial charge in [0.1, 0.15) is 16.4 Å². The molecule has 0 saturated carbocycles. The molecule has 4 rings (SSSR count). The fourth-order valence-corrected chi connectivity index (χ4v) is 4.46. The van der Waals surface area contributed by atoms with Crippen LogP contribution in [0.5, 0.6) is 11.5 Å². The third-order valence-corrected chi connectivity index (χ3v) is 7.55. The number of fused-ring (bicyclic) bond motifs is 2. The normalized spacial score (nSPS) is 11.7. The van der Waals surface area contributed by atoms with Crippen molar-refractivity contribution in [2.24, 2.45) is 0 Å². The first kappa shape index (κ1) is 23.3. The molecule has 2 heterocycles. The molecule has 0 unspecified atom stereocenters. The van der Waals surface area contributed by atoms with Crippen LogP contribution >= 0.6 is 0 Å². The maximum atomic E-state index is 12.8. The predicted molar refractivity (Wildman–Crippen MR) is 127 cm³/mol. The zero-order valence-electron chi connectivity index (χ0n) is 19.1. The number of H-pyrrole nitrogens is 1. The zero-order valence-corrected chi connectivity index (χ0v) is 19.9. The highest BCUT2D eigenvalue weighted by molar-refractivity contribution is 7.92. The Morgan fingerprint density at radius 3 is 2.41 bits per heavy atom. The summed E-state index contributed by atoms with van der Waals surface area (Å²) >= 11 is 0. The van der Waals surface area contributed by atoms with Gasteiger partial charge >= 0.3 is 0 Å². The lowest BCUT2D eigenvalue weighted by molar-refractivity contribution is 0.402. The summed E-state index contributed by atoms with van der Waals surface area (Å²) in [5.74, 6) is 1.18. The van der Waals surface area contributed by atoms with E-state index >= 15 is 0 Å². The minimum atomic E-state index is -3.52. The van der Waals surface area contributed by atoms with E-state index in [9.17, 15) is 8.42 Å². The molecular formula is C23H28N4O4S. The number of aromatic amines is 1. The summed E-state index contributed by atoms with van der Waals surface area (Å²) in [5.41, 5.74) is 2.55. The molecule has 0 spiro atoms. The molecule has 0 saturated heterocycles. The van der Waals surface area contributed by atoms with Gasteiger partial charge in [0.15, 0.2) is 9.84 Å². The maximum Gasteiger partial charge on any atom is 0.186 e. The molecule has 4 aromatic rings. The van der Waals surface area contributed by atoms with Crippen LogP contribution in [-0.4, -0.2) is 49.6 Å². The van der Waals surface area contributed by atoms with E-state index in [4.69, 9.17) is 9.47 Å². The molecule has 0 aliphatic rings. The minimum Gasteiger partial charge on any atom is -0.497 e. The standard InChI is InChI=1S/C15H20N2O3S.C8H8N2O/c1-15(2,3)21(18,19)14-8-10-11(16-4)6-7-17-12(10)9-13(14)20-5;1-11-7-2-3-8-6(4-7)5-9-10-8/h6-9H,1-5H3,(H,16,17);2-5H,1H3,(H,9,10). The van der Waals surface area contributed by atoms with E-state index in [0.717, 1.165) is 27.7 Å². The Kier molecular flexibility index (Phi) is 6.59. The highest BCUT2D eigenvalue weighted by Crippen LogP contribution is 2.36. The van der Waals surface area contributed by atoms with Crippen molar-refractivity contribution < 1.29 is 17.9 Å². The molecule has 9 heteroatoms. The summed E-state index contributed by atoms with van der Waals surface area (Å²) in [7, 11) is 1.39. The lowest BCUT2D eigenvalue weighted by atomic mass is 10.2. The van der Waals surface area contributed by atoms with E-state index in [0.29, 0.717) is 11.3 Å². The van der Waals surface area contributed by atoms with Crippen LogP contribution in [-0.2, 0) is 9.84 Å². The van der Waals surface area contributed by atoms with Crippen LogP contribution in [0.25, 0.3) is 21.8 Å². The third kappa shape index (κ3) is 4.47. The second-order valence-corrected chi connectivity index (χ2v) is 10.7. The molecule has 2 aromatic heterocycles. The van der Waals surface area contributed by atoms with Crippen LogP contribution in [0, 0.1) is 0 Å². The van der Waals surface area contributed by atoms with E-state index in [2.05, 4.69) is 20.5 Å². The number of aromatic nitrogens is 3. The molecule has 0 bridgehead atoms. The summed E-state index contributed by atoms with van der Waals surface area (Å²) < 4.78 is 34.9. The minimum absolute atomic E-state index is 0.189. The Morgan fingerprint density at radius 1 is 1.03 bits per heavy atom. The van der Waals surface area contributed by atoms with Gasteiger partial charge in [0.05, 0.1) is 36.2 Å². The zero-order chi connectivity index (χ0) is 23.5. The SMILES string of the molecule is CNc1ccnc2cc(OC)c(S(=O)(=O)C(C)(C)C)cc12.COc1ccc2[nH]ncc2c1. The van der Waals surface area contributed by atoms with Gasteiger partial charge in [-0.3, -0.25) is 10.1 Å². The molecule has 170 valence electrons. The fraction of sp³-hybridized carbons (Fsp3) is 0.304. The number of hydrogen-bond donors (Lipinski definition) is 2. The van der Waals surface area contributed by atoms with Gasteiger partial charge in [-0.2, -0.15) is 5.10 Å². The average Bonchev–Trinajstić information content (AvgIpc) is 3.25. The highest BCUT2D eigenvalue weighted by Gasteiger charge is 2.34. The largest absolute Gasteiger partial charge is 0.497 e. The number of nitrogens with one attached hydrogen (secondary N) is 2. The van der Waals surface area contributed by atoms with Gasteiger partial charge < -0.3 is 14.8 Å². The van der Waals surface area contributed by atoms with Crippen molar-refractivity contribution in [2.45, 2.75) is 30.4 Å². The summed E-state index contributed by atoms with van der Waals surface area (Å²) in [4.78, 5) is 4.46. The first-order valence-electron chi connectivity index (χ1n) is 9.98. The molecule has 0 aliphatic carbocycles. The summed E-state index contributed by atoms with van der Waals surface area (Å²) in [6.45, 7) is 5.02. The van der Waals surface area contributed by atoms with Crippen LogP contribution < -0.4 is 14.8 Å². The van der Waals surface area contributed by atoms with Gasteiger partial charge in [-0.25, -0.2) is 8.42 Å². The topological polar surface area (TPSA) is 106 Å². The van der Waals surface area contributed by atoms with E-state index in [-0.39, 0.29) is 4.90 Å². The number of benzene rings is 2. The Balaban J connectivity index is 0.000000219. The number of nitrogens with zero attached hydrogens (tertiary/aromatic N) is 2. The van der Waals surface area contributed by atoms with Crippen molar-refractivity contribution in [1.29, 1.82) is 0 Å². The molecule has 2 aromatic carbocycles. The molecule has 32 heavy (non-hydrogen) atoms. The quantitative estimate of drug-likeness (QED) is 0.468. The van der Waals surface area contributed by atoms with E-state index < -0.39 is 14.6 Å². The van der Waals surface area contributed by atoms with Crippen LogP contribution in [0.15, 0.2) is 53.7 Å². The van der Waals surface area contributed by atoms with Crippen LogP contribution in [0.2, 0.25) is 0 Å².